The highest BCUT2D eigenvalue weighted by atomic mass is 35.5. The van der Waals surface area contributed by atoms with Crippen LogP contribution < -0.4 is 4.74 Å². The van der Waals surface area contributed by atoms with Crippen LogP contribution in [0, 0.1) is 0 Å². The monoisotopic (exact) mass is 484 g/mol. The molecule has 0 amide bonds. The number of aliphatic hydroxyl groups is 1. The van der Waals surface area contributed by atoms with Crippen LogP contribution in [0.25, 0.3) is 22.2 Å². The van der Waals surface area contributed by atoms with Gasteiger partial charge in [-0.3, -0.25) is 0 Å². The SMILES string of the molecule is CCSc1ccc(C(O)c2nc3c(O)c(-c4ccccc4OCCOC)c(Cl)cc3[nH]2)cc1. The molecule has 0 spiro atoms. The van der Waals surface area contributed by atoms with E-state index in [1.807, 2.05) is 48.5 Å². The van der Waals surface area contributed by atoms with Crippen molar-refractivity contribution in [3.63, 3.8) is 0 Å². The van der Waals surface area contributed by atoms with Crippen LogP contribution in [0.15, 0.2) is 59.5 Å². The molecular weight excluding hydrogens is 460 g/mol. The Morgan fingerprint density at radius 2 is 1.88 bits per heavy atom. The summed E-state index contributed by atoms with van der Waals surface area (Å²) in [6.45, 7) is 2.89. The van der Waals surface area contributed by atoms with Gasteiger partial charge in [0.2, 0.25) is 0 Å². The lowest BCUT2D eigenvalue weighted by atomic mass is 10.0. The van der Waals surface area contributed by atoms with Crippen molar-refractivity contribution in [3.8, 4) is 22.6 Å². The third-order valence-corrected chi connectivity index (χ3v) is 6.38. The van der Waals surface area contributed by atoms with Crippen LogP contribution in [-0.2, 0) is 4.74 Å². The fourth-order valence-electron chi connectivity index (χ4n) is 3.61. The fraction of sp³-hybridized carbons (Fsp3) is 0.240. The van der Waals surface area contributed by atoms with Gasteiger partial charge in [0.15, 0.2) is 5.75 Å². The maximum atomic E-state index is 11.1. The molecule has 0 fully saturated rings. The lowest BCUT2D eigenvalue weighted by Gasteiger charge is -2.14. The normalized spacial score (nSPS) is 12.2. The highest BCUT2D eigenvalue weighted by molar-refractivity contribution is 7.99. The third kappa shape index (κ3) is 4.96. The molecule has 0 aliphatic heterocycles. The van der Waals surface area contributed by atoms with Crippen LogP contribution in [-0.4, -0.2) is 46.3 Å². The fourth-order valence-corrected chi connectivity index (χ4v) is 4.57. The number of aromatic hydroxyl groups is 1. The first kappa shape index (κ1) is 23.4. The molecule has 8 heteroatoms. The van der Waals surface area contributed by atoms with Crippen LogP contribution in [0.3, 0.4) is 0 Å². The number of halogens is 1. The molecule has 0 aliphatic carbocycles. The van der Waals surface area contributed by atoms with E-state index in [1.165, 1.54) is 0 Å². The molecule has 3 aromatic carbocycles. The number of benzene rings is 3. The number of phenols is 1. The number of hydrogen-bond donors (Lipinski definition) is 3. The zero-order valence-electron chi connectivity index (χ0n) is 18.3. The molecule has 1 aromatic heterocycles. The number of thioether (sulfide) groups is 1. The molecule has 33 heavy (non-hydrogen) atoms. The Balaban J connectivity index is 1.71. The Bertz CT molecular complexity index is 1240. The highest BCUT2D eigenvalue weighted by Gasteiger charge is 2.22. The second kappa shape index (κ2) is 10.5. The smallest absolute Gasteiger partial charge is 0.152 e. The number of fused-ring (bicyclic) bond motifs is 1. The summed E-state index contributed by atoms with van der Waals surface area (Å²) >= 11 is 8.31. The minimum Gasteiger partial charge on any atom is -0.505 e. The molecule has 6 nitrogen and oxygen atoms in total. The molecule has 1 unspecified atom stereocenters. The van der Waals surface area contributed by atoms with Crippen molar-refractivity contribution in [3.05, 3.63) is 71.0 Å². The Hall–Kier alpha value is -2.71. The van der Waals surface area contributed by atoms with Gasteiger partial charge in [0.25, 0.3) is 0 Å². The Morgan fingerprint density at radius 1 is 1.12 bits per heavy atom. The van der Waals surface area contributed by atoms with Crippen LogP contribution in [0.5, 0.6) is 11.5 Å². The minimum atomic E-state index is -0.968. The maximum absolute atomic E-state index is 11.1. The number of aliphatic hydroxyl groups excluding tert-OH is 1. The van der Waals surface area contributed by atoms with Crippen molar-refractivity contribution in [1.82, 2.24) is 9.97 Å². The molecule has 0 radical (unpaired) electrons. The molecule has 0 aliphatic rings. The van der Waals surface area contributed by atoms with E-state index in [0.29, 0.717) is 57.5 Å². The van der Waals surface area contributed by atoms with E-state index in [2.05, 4.69) is 16.9 Å². The summed E-state index contributed by atoms with van der Waals surface area (Å²) in [6, 6.07) is 16.7. The number of aromatic amines is 1. The number of para-hydroxylation sites is 1. The third-order valence-electron chi connectivity index (χ3n) is 5.19. The van der Waals surface area contributed by atoms with Gasteiger partial charge in [0.1, 0.15) is 29.8 Å². The second-order valence-electron chi connectivity index (χ2n) is 7.34. The van der Waals surface area contributed by atoms with Gasteiger partial charge in [0, 0.05) is 23.1 Å². The number of H-pyrrole nitrogens is 1. The van der Waals surface area contributed by atoms with Gasteiger partial charge < -0.3 is 24.7 Å². The molecule has 3 N–H and O–H groups in total. The van der Waals surface area contributed by atoms with Gasteiger partial charge in [-0.25, -0.2) is 4.98 Å². The molecule has 0 saturated carbocycles. The first-order valence-electron chi connectivity index (χ1n) is 10.6. The Labute approximate surface area is 201 Å². The molecule has 0 saturated heterocycles. The van der Waals surface area contributed by atoms with Gasteiger partial charge in [-0.1, -0.05) is 48.9 Å². The quantitative estimate of drug-likeness (QED) is 0.205. The molecule has 1 heterocycles. The average molecular weight is 485 g/mol. The van der Waals surface area contributed by atoms with Crippen molar-refractivity contribution in [2.75, 3.05) is 26.1 Å². The van der Waals surface area contributed by atoms with Gasteiger partial charge >= 0.3 is 0 Å². The van der Waals surface area contributed by atoms with Crippen molar-refractivity contribution in [2.45, 2.75) is 17.9 Å². The molecule has 0 bridgehead atoms. The summed E-state index contributed by atoms with van der Waals surface area (Å²) in [6.07, 6.45) is -0.968. The van der Waals surface area contributed by atoms with Crippen LogP contribution in [0.1, 0.15) is 24.4 Å². The Morgan fingerprint density at radius 3 is 2.61 bits per heavy atom. The van der Waals surface area contributed by atoms with Crippen molar-refractivity contribution in [1.29, 1.82) is 0 Å². The van der Waals surface area contributed by atoms with Crippen LogP contribution in [0.2, 0.25) is 5.02 Å². The number of hydrogen-bond acceptors (Lipinski definition) is 6. The highest BCUT2D eigenvalue weighted by Crippen LogP contribution is 2.44. The van der Waals surface area contributed by atoms with Crippen LogP contribution in [0.4, 0.5) is 0 Å². The molecule has 4 rings (SSSR count). The van der Waals surface area contributed by atoms with Gasteiger partial charge in [-0.05, 0) is 35.6 Å². The molecular formula is C25H25ClN2O4S. The van der Waals surface area contributed by atoms with Crippen LogP contribution >= 0.6 is 23.4 Å². The zero-order valence-corrected chi connectivity index (χ0v) is 19.9. The van der Waals surface area contributed by atoms with E-state index >= 15 is 0 Å². The summed E-state index contributed by atoms with van der Waals surface area (Å²) in [5.41, 5.74) is 2.63. The number of nitrogens with zero attached hydrogens (tertiary/aromatic N) is 1. The van der Waals surface area contributed by atoms with E-state index in [1.54, 1.807) is 24.9 Å². The summed E-state index contributed by atoms with van der Waals surface area (Å²) in [5.74, 6) is 1.81. The number of aromatic nitrogens is 2. The van der Waals surface area contributed by atoms with Crippen molar-refractivity contribution < 1.29 is 19.7 Å². The van der Waals surface area contributed by atoms with E-state index in [9.17, 15) is 10.2 Å². The van der Waals surface area contributed by atoms with Gasteiger partial charge in [-0.15, -0.1) is 11.8 Å². The standard InChI is InChI=1S/C25H25ClN2O4S/c1-3-33-16-10-8-15(9-11-16)23(29)25-27-19-14-18(26)21(24(30)22(19)28-25)17-6-4-5-7-20(17)32-13-12-31-2/h4-11,14,23,29-30H,3,12-13H2,1-2H3,(H,27,28). The number of phenolic OH excluding ortho intramolecular Hbond substituents is 1. The predicted octanol–water partition coefficient (Wildman–Crippen LogP) is 5.81. The zero-order chi connectivity index (χ0) is 23.4. The number of rotatable bonds is 9. The van der Waals surface area contributed by atoms with Crippen molar-refractivity contribution in [2.24, 2.45) is 0 Å². The van der Waals surface area contributed by atoms with Crippen molar-refractivity contribution >= 4 is 34.4 Å². The molecule has 4 aromatic rings. The van der Waals surface area contributed by atoms with Gasteiger partial charge in [-0.2, -0.15) is 0 Å². The second-order valence-corrected chi connectivity index (χ2v) is 9.09. The van der Waals surface area contributed by atoms with E-state index in [-0.39, 0.29) is 5.75 Å². The summed E-state index contributed by atoms with van der Waals surface area (Å²) < 4.78 is 10.9. The summed E-state index contributed by atoms with van der Waals surface area (Å²) in [4.78, 5) is 8.73. The summed E-state index contributed by atoms with van der Waals surface area (Å²) in [5, 5.41) is 22.3. The number of imidazole rings is 1. The van der Waals surface area contributed by atoms with Gasteiger partial charge in [0.05, 0.1) is 17.1 Å². The first-order chi connectivity index (χ1) is 16.0. The minimum absolute atomic E-state index is 0.0790. The Kier molecular flexibility index (Phi) is 7.45. The predicted molar refractivity (Wildman–Crippen MR) is 132 cm³/mol. The van der Waals surface area contributed by atoms with E-state index in [4.69, 9.17) is 21.1 Å². The average Bonchev–Trinajstić information content (AvgIpc) is 3.25. The maximum Gasteiger partial charge on any atom is 0.152 e. The number of ether oxygens (including phenoxy) is 2. The lowest BCUT2D eigenvalue weighted by molar-refractivity contribution is 0.146. The molecule has 1 atom stereocenters. The number of methoxy groups -OCH3 is 1. The molecule has 172 valence electrons. The first-order valence-corrected chi connectivity index (χ1v) is 11.9. The number of nitrogens with one attached hydrogen (secondary N) is 1. The topological polar surface area (TPSA) is 87.6 Å². The van der Waals surface area contributed by atoms with E-state index < -0.39 is 6.10 Å². The largest absolute Gasteiger partial charge is 0.505 e. The lowest BCUT2D eigenvalue weighted by Crippen LogP contribution is -2.05. The summed E-state index contributed by atoms with van der Waals surface area (Å²) in [7, 11) is 1.61. The van der Waals surface area contributed by atoms with E-state index in [0.717, 1.165) is 10.6 Å².